The first-order chi connectivity index (χ1) is 7.77. The Hall–Kier alpha value is -0.0800. The van der Waals surface area contributed by atoms with Gasteiger partial charge in [-0.3, -0.25) is 0 Å². The average molecular weight is 224 g/mol. The second-order valence-corrected chi connectivity index (χ2v) is 5.96. The molecule has 1 aliphatic carbocycles. The number of rotatable bonds is 4. The number of nitrogens with zero attached hydrogens (tertiary/aromatic N) is 1. The predicted octanol–water partition coefficient (Wildman–Crippen LogP) is 2.64. The molecule has 2 heteroatoms. The molecule has 2 rings (SSSR count). The van der Waals surface area contributed by atoms with Gasteiger partial charge in [0.05, 0.1) is 0 Å². The van der Waals surface area contributed by atoms with Crippen LogP contribution in [0.15, 0.2) is 0 Å². The SMILES string of the molecule is CN(C)C(CC1CCCN1)C1CCCCC1. The summed E-state index contributed by atoms with van der Waals surface area (Å²) < 4.78 is 0. The number of hydrogen-bond donors (Lipinski definition) is 1. The van der Waals surface area contributed by atoms with Crippen LogP contribution in [-0.4, -0.2) is 37.6 Å². The Morgan fingerprint density at radius 3 is 2.38 bits per heavy atom. The third kappa shape index (κ3) is 3.21. The van der Waals surface area contributed by atoms with Crippen LogP contribution in [0, 0.1) is 5.92 Å². The Morgan fingerprint density at radius 1 is 1.06 bits per heavy atom. The molecule has 0 radical (unpaired) electrons. The quantitative estimate of drug-likeness (QED) is 0.790. The van der Waals surface area contributed by atoms with Gasteiger partial charge in [-0.05, 0) is 58.7 Å². The molecular formula is C14H28N2. The van der Waals surface area contributed by atoms with Crippen molar-refractivity contribution in [1.82, 2.24) is 10.2 Å². The summed E-state index contributed by atoms with van der Waals surface area (Å²) in [5, 5.41) is 3.65. The van der Waals surface area contributed by atoms with Crippen LogP contribution in [0.1, 0.15) is 51.4 Å². The van der Waals surface area contributed by atoms with Crippen molar-refractivity contribution < 1.29 is 0 Å². The molecule has 0 spiro atoms. The van der Waals surface area contributed by atoms with Crippen molar-refractivity contribution >= 4 is 0 Å². The van der Waals surface area contributed by atoms with E-state index in [1.807, 2.05) is 0 Å². The molecule has 1 heterocycles. The van der Waals surface area contributed by atoms with Gasteiger partial charge in [-0.1, -0.05) is 19.3 Å². The van der Waals surface area contributed by atoms with E-state index in [0.29, 0.717) is 0 Å². The average Bonchev–Trinajstić information content (AvgIpc) is 2.79. The normalized spacial score (nSPS) is 29.8. The van der Waals surface area contributed by atoms with Crippen molar-refractivity contribution in [2.24, 2.45) is 5.92 Å². The molecule has 2 aliphatic rings. The van der Waals surface area contributed by atoms with Gasteiger partial charge >= 0.3 is 0 Å². The summed E-state index contributed by atoms with van der Waals surface area (Å²) in [6.07, 6.45) is 11.5. The molecule has 2 fully saturated rings. The Balaban J connectivity index is 1.87. The first-order valence-corrected chi connectivity index (χ1v) is 7.17. The highest BCUT2D eigenvalue weighted by atomic mass is 15.1. The Bertz CT molecular complexity index is 191. The molecule has 1 saturated heterocycles. The van der Waals surface area contributed by atoms with Crippen molar-refractivity contribution in [1.29, 1.82) is 0 Å². The second kappa shape index (κ2) is 6.02. The summed E-state index contributed by atoms with van der Waals surface area (Å²) in [4.78, 5) is 2.48. The number of nitrogens with one attached hydrogen (secondary N) is 1. The molecule has 16 heavy (non-hydrogen) atoms. The van der Waals surface area contributed by atoms with Gasteiger partial charge in [0.2, 0.25) is 0 Å². The van der Waals surface area contributed by atoms with Crippen molar-refractivity contribution in [2.75, 3.05) is 20.6 Å². The molecule has 0 amide bonds. The predicted molar refractivity (Wildman–Crippen MR) is 69.7 cm³/mol. The summed E-state index contributed by atoms with van der Waals surface area (Å²) in [6, 6.07) is 1.62. The van der Waals surface area contributed by atoms with E-state index in [0.717, 1.165) is 18.0 Å². The van der Waals surface area contributed by atoms with Gasteiger partial charge in [0.1, 0.15) is 0 Å². The Labute approximate surface area is 101 Å². The lowest BCUT2D eigenvalue weighted by Gasteiger charge is -2.36. The lowest BCUT2D eigenvalue weighted by Crippen LogP contribution is -2.41. The molecule has 2 unspecified atom stereocenters. The Kier molecular flexibility index (Phi) is 4.66. The molecule has 0 aromatic carbocycles. The fraction of sp³-hybridized carbons (Fsp3) is 1.00. The highest BCUT2D eigenvalue weighted by molar-refractivity contribution is 4.85. The van der Waals surface area contributed by atoms with E-state index >= 15 is 0 Å². The van der Waals surface area contributed by atoms with Crippen LogP contribution < -0.4 is 5.32 Å². The molecule has 0 aromatic rings. The molecule has 1 aliphatic heterocycles. The molecule has 1 saturated carbocycles. The minimum absolute atomic E-state index is 0.800. The molecular weight excluding hydrogens is 196 g/mol. The minimum Gasteiger partial charge on any atom is -0.314 e. The van der Waals surface area contributed by atoms with E-state index in [2.05, 4.69) is 24.3 Å². The van der Waals surface area contributed by atoms with Crippen LogP contribution in [0.25, 0.3) is 0 Å². The van der Waals surface area contributed by atoms with Crippen LogP contribution >= 0.6 is 0 Å². The van der Waals surface area contributed by atoms with Gasteiger partial charge in [0.15, 0.2) is 0 Å². The van der Waals surface area contributed by atoms with E-state index in [1.54, 1.807) is 0 Å². The number of hydrogen-bond acceptors (Lipinski definition) is 2. The van der Waals surface area contributed by atoms with E-state index in [9.17, 15) is 0 Å². The van der Waals surface area contributed by atoms with Gasteiger partial charge < -0.3 is 10.2 Å². The maximum absolute atomic E-state index is 3.65. The molecule has 0 bridgehead atoms. The smallest absolute Gasteiger partial charge is 0.0132 e. The van der Waals surface area contributed by atoms with E-state index in [-0.39, 0.29) is 0 Å². The van der Waals surface area contributed by atoms with Gasteiger partial charge in [0, 0.05) is 12.1 Å². The highest BCUT2D eigenvalue weighted by Crippen LogP contribution is 2.31. The summed E-state index contributed by atoms with van der Waals surface area (Å²) >= 11 is 0. The van der Waals surface area contributed by atoms with Gasteiger partial charge in [-0.15, -0.1) is 0 Å². The third-order valence-electron chi connectivity index (χ3n) is 4.55. The van der Waals surface area contributed by atoms with Gasteiger partial charge in [-0.25, -0.2) is 0 Å². The zero-order valence-electron chi connectivity index (χ0n) is 11.0. The lowest BCUT2D eigenvalue weighted by atomic mass is 9.81. The van der Waals surface area contributed by atoms with E-state index in [4.69, 9.17) is 0 Å². The maximum Gasteiger partial charge on any atom is 0.0132 e. The van der Waals surface area contributed by atoms with Gasteiger partial charge in [0.25, 0.3) is 0 Å². The largest absolute Gasteiger partial charge is 0.314 e. The van der Waals surface area contributed by atoms with Crippen LogP contribution in [0.5, 0.6) is 0 Å². The van der Waals surface area contributed by atoms with Crippen molar-refractivity contribution in [3.63, 3.8) is 0 Å². The molecule has 2 nitrogen and oxygen atoms in total. The summed E-state index contributed by atoms with van der Waals surface area (Å²) in [7, 11) is 4.54. The van der Waals surface area contributed by atoms with Crippen LogP contribution in [-0.2, 0) is 0 Å². The minimum atomic E-state index is 0.800. The lowest BCUT2D eigenvalue weighted by molar-refractivity contribution is 0.150. The molecule has 94 valence electrons. The fourth-order valence-electron chi connectivity index (χ4n) is 3.59. The van der Waals surface area contributed by atoms with Crippen molar-refractivity contribution in [3.8, 4) is 0 Å². The molecule has 1 N–H and O–H groups in total. The first kappa shape index (κ1) is 12.4. The van der Waals surface area contributed by atoms with Crippen LogP contribution in [0.4, 0.5) is 0 Å². The first-order valence-electron chi connectivity index (χ1n) is 7.17. The van der Waals surface area contributed by atoms with E-state index < -0.39 is 0 Å². The Morgan fingerprint density at radius 2 is 1.81 bits per heavy atom. The zero-order valence-corrected chi connectivity index (χ0v) is 11.0. The van der Waals surface area contributed by atoms with Crippen molar-refractivity contribution in [2.45, 2.75) is 63.5 Å². The summed E-state index contributed by atoms with van der Waals surface area (Å²) in [5.74, 6) is 0.964. The topological polar surface area (TPSA) is 15.3 Å². The van der Waals surface area contributed by atoms with Crippen LogP contribution in [0.3, 0.4) is 0 Å². The second-order valence-electron chi connectivity index (χ2n) is 5.96. The standard InChI is InChI=1S/C14H28N2/c1-16(2)14(11-13-9-6-10-15-13)12-7-4-3-5-8-12/h12-15H,3-11H2,1-2H3. The highest BCUT2D eigenvalue weighted by Gasteiger charge is 2.28. The monoisotopic (exact) mass is 224 g/mol. The molecule has 2 atom stereocenters. The zero-order chi connectivity index (χ0) is 11.4. The van der Waals surface area contributed by atoms with Crippen molar-refractivity contribution in [3.05, 3.63) is 0 Å². The van der Waals surface area contributed by atoms with E-state index in [1.165, 1.54) is 57.9 Å². The summed E-state index contributed by atoms with van der Waals surface area (Å²) in [6.45, 7) is 1.25. The maximum atomic E-state index is 3.65. The fourth-order valence-corrected chi connectivity index (χ4v) is 3.59. The summed E-state index contributed by atoms with van der Waals surface area (Å²) in [5.41, 5.74) is 0. The molecule has 0 aromatic heterocycles. The van der Waals surface area contributed by atoms with Crippen LogP contribution in [0.2, 0.25) is 0 Å². The third-order valence-corrected chi connectivity index (χ3v) is 4.55. The van der Waals surface area contributed by atoms with Gasteiger partial charge in [-0.2, -0.15) is 0 Å².